The Balaban J connectivity index is 1.41. The maximum atomic E-state index is 14.7. The minimum absolute atomic E-state index is 0.0462. The van der Waals surface area contributed by atoms with Crippen molar-refractivity contribution in [1.29, 1.82) is 0 Å². The van der Waals surface area contributed by atoms with Gasteiger partial charge in [0.05, 0.1) is 22.9 Å². The van der Waals surface area contributed by atoms with Crippen LogP contribution in [-0.2, 0) is 24.6 Å². The van der Waals surface area contributed by atoms with Gasteiger partial charge in [-0.3, -0.25) is 0 Å². The Kier molecular flexibility index (Phi) is 10.1. The molecule has 1 aromatic rings. The highest BCUT2D eigenvalue weighted by molar-refractivity contribution is 5.83. The SMILES string of the molecule is CO[C@@](C(=O)O[C@H]1CC[C@]2(C)[C@H](CC[C@@](C)(O)[C@H]2CC[C@@H]2C(C)=CC[C@H]3[C@H](CC[C@]3(C)O)C2(C)C)OC1(C)C)(c1ccccc1)C(F)(F)F. The molecule has 6 nitrogen and oxygen atoms in total. The second-order valence-electron chi connectivity index (χ2n) is 17.6. The van der Waals surface area contributed by atoms with Crippen molar-refractivity contribution < 1.29 is 42.4 Å². The maximum absolute atomic E-state index is 14.7. The van der Waals surface area contributed by atoms with Crippen LogP contribution >= 0.6 is 0 Å². The molecule has 3 fully saturated rings. The quantitative estimate of drug-likeness (QED) is 0.220. The first-order valence-corrected chi connectivity index (χ1v) is 18.2. The highest BCUT2D eigenvalue weighted by atomic mass is 19.4. The van der Waals surface area contributed by atoms with Gasteiger partial charge in [0.1, 0.15) is 6.10 Å². The molecule has 276 valence electrons. The van der Waals surface area contributed by atoms with Crippen LogP contribution in [0.25, 0.3) is 0 Å². The van der Waals surface area contributed by atoms with Gasteiger partial charge in [0.2, 0.25) is 0 Å². The average molecular weight is 693 g/mol. The number of esters is 1. The molecule has 1 aliphatic heterocycles. The van der Waals surface area contributed by atoms with E-state index in [1.807, 2.05) is 13.8 Å². The minimum Gasteiger partial charge on any atom is -0.457 e. The Bertz CT molecular complexity index is 1380. The van der Waals surface area contributed by atoms with Gasteiger partial charge < -0.3 is 24.4 Å². The lowest BCUT2D eigenvalue weighted by Crippen LogP contribution is -2.57. The van der Waals surface area contributed by atoms with Gasteiger partial charge >= 0.3 is 12.1 Å². The van der Waals surface area contributed by atoms with Gasteiger partial charge in [-0.05, 0) is 127 Å². The highest BCUT2D eigenvalue weighted by Gasteiger charge is 2.65. The molecule has 1 heterocycles. The summed E-state index contributed by atoms with van der Waals surface area (Å²) in [4.78, 5) is 13.7. The summed E-state index contributed by atoms with van der Waals surface area (Å²) in [5.41, 5.74) is -5.61. The zero-order valence-electron chi connectivity index (χ0n) is 31.0. The first-order valence-electron chi connectivity index (χ1n) is 18.2. The number of aliphatic hydroxyl groups is 2. The van der Waals surface area contributed by atoms with Crippen LogP contribution in [0.4, 0.5) is 13.2 Å². The second kappa shape index (κ2) is 12.9. The van der Waals surface area contributed by atoms with Gasteiger partial charge in [0.25, 0.3) is 5.60 Å². The fourth-order valence-corrected chi connectivity index (χ4v) is 10.9. The molecular weight excluding hydrogens is 633 g/mol. The number of fused-ring (bicyclic) bond motifs is 2. The van der Waals surface area contributed by atoms with Crippen molar-refractivity contribution in [3.05, 3.63) is 47.5 Å². The van der Waals surface area contributed by atoms with Crippen molar-refractivity contribution in [1.82, 2.24) is 0 Å². The van der Waals surface area contributed by atoms with Gasteiger partial charge in [-0.2, -0.15) is 13.2 Å². The summed E-state index contributed by atoms with van der Waals surface area (Å²) >= 11 is 0. The van der Waals surface area contributed by atoms with Gasteiger partial charge in [0, 0.05) is 12.7 Å². The summed E-state index contributed by atoms with van der Waals surface area (Å²) in [7, 11) is 0.876. The number of rotatable bonds is 7. The summed E-state index contributed by atoms with van der Waals surface area (Å²) in [6.45, 7) is 16.5. The molecular formula is C40H59F3O6. The van der Waals surface area contributed by atoms with E-state index in [0.29, 0.717) is 25.2 Å². The number of halogens is 3. The number of benzene rings is 1. The van der Waals surface area contributed by atoms with E-state index in [-0.39, 0.29) is 41.3 Å². The third-order valence-corrected chi connectivity index (χ3v) is 13.9. The van der Waals surface area contributed by atoms with Crippen LogP contribution in [0.3, 0.4) is 0 Å². The zero-order chi connectivity index (χ0) is 36.4. The predicted octanol–water partition coefficient (Wildman–Crippen LogP) is 8.68. The molecule has 0 spiro atoms. The Morgan fingerprint density at radius 1 is 0.898 bits per heavy atom. The Labute approximate surface area is 291 Å². The molecule has 49 heavy (non-hydrogen) atoms. The summed E-state index contributed by atoms with van der Waals surface area (Å²) < 4.78 is 61.8. The van der Waals surface area contributed by atoms with Crippen molar-refractivity contribution in [2.75, 3.05) is 7.11 Å². The van der Waals surface area contributed by atoms with Crippen LogP contribution in [0, 0.1) is 34.5 Å². The number of allylic oxidation sites excluding steroid dienone is 2. The van der Waals surface area contributed by atoms with Crippen LogP contribution in [0.2, 0.25) is 0 Å². The van der Waals surface area contributed by atoms with E-state index in [0.717, 1.165) is 39.2 Å². The predicted molar refractivity (Wildman–Crippen MR) is 182 cm³/mol. The van der Waals surface area contributed by atoms with Crippen LogP contribution < -0.4 is 0 Å². The topological polar surface area (TPSA) is 85.2 Å². The smallest absolute Gasteiger partial charge is 0.432 e. The fourth-order valence-electron chi connectivity index (χ4n) is 10.9. The fraction of sp³-hybridized carbons (Fsp3) is 0.775. The molecule has 1 saturated heterocycles. The molecule has 2 N–H and O–H groups in total. The number of carbonyl (C=O) groups is 1. The number of hydrogen-bond donors (Lipinski definition) is 2. The lowest BCUT2D eigenvalue weighted by atomic mass is 9.55. The third-order valence-electron chi connectivity index (χ3n) is 13.9. The van der Waals surface area contributed by atoms with Gasteiger partial charge in [-0.1, -0.05) is 62.8 Å². The van der Waals surface area contributed by atoms with Gasteiger partial charge in [-0.25, -0.2) is 4.79 Å². The van der Waals surface area contributed by atoms with Gasteiger partial charge in [-0.15, -0.1) is 0 Å². The molecule has 9 heteroatoms. The number of carbonyl (C=O) groups excluding carboxylic acids is 1. The van der Waals surface area contributed by atoms with Crippen molar-refractivity contribution in [3.63, 3.8) is 0 Å². The van der Waals surface area contributed by atoms with E-state index in [1.54, 1.807) is 19.9 Å². The lowest BCUT2D eigenvalue weighted by molar-refractivity contribution is -0.282. The molecule has 0 bridgehead atoms. The second-order valence-corrected chi connectivity index (χ2v) is 17.6. The van der Waals surface area contributed by atoms with Gasteiger partial charge in [0.15, 0.2) is 0 Å². The summed E-state index contributed by atoms with van der Waals surface area (Å²) in [5, 5.41) is 23.2. The van der Waals surface area contributed by atoms with E-state index in [1.165, 1.54) is 29.8 Å². The zero-order valence-corrected chi connectivity index (χ0v) is 31.0. The average Bonchev–Trinajstić information content (AvgIpc) is 3.21. The van der Waals surface area contributed by atoms with E-state index >= 15 is 0 Å². The Morgan fingerprint density at radius 2 is 1.53 bits per heavy atom. The largest absolute Gasteiger partial charge is 0.457 e. The van der Waals surface area contributed by atoms with E-state index < -0.39 is 46.1 Å². The van der Waals surface area contributed by atoms with Crippen LogP contribution in [0.5, 0.6) is 0 Å². The molecule has 4 aliphatic rings. The molecule has 5 rings (SSSR count). The molecule has 3 aliphatic carbocycles. The lowest BCUT2D eigenvalue weighted by Gasteiger charge is -2.54. The molecule has 0 amide bonds. The van der Waals surface area contributed by atoms with E-state index in [4.69, 9.17) is 14.2 Å². The Morgan fingerprint density at radius 3 is 2.14 bits per heavy atom. The number of ether oxygens (including phenoxy) is 3. The van der Waals surface area contributed by atoms with E-state index in [9.17, 15) is 28.2 Å². The van der Waals surface area contributed by atoms with E-state index in [2.05, 4.69) is 33.8 Å². The van der Waals surface area contributed by atoms with Crippen LogP contribution in [-0.4, -0.2) is 58.5 Å². The summed E-state index contributed by atoms with van der Waals surface area (Å²) in [6, 6.07) is 6.88. The van der Waals surface area contributed by atoms with Crippen LogP contribution in [0.15, 0.2) is 42.0 Å². The highest BCUT2D eigenvalue weighted by Crippen LogP contribution is 2.60. The summed E-state index contributed by atoms with van der Waals surface area (Å²) in [5.74, 6) is -0.793. The molecule has 2 saturated carbocycles. The molecule has 0 radical (unpaired) electrons. The minimum atomic E-state index is -5.08. The monoisotopic (exact) mass is 692 g/mol. The maximum Gasteiger partial charge on any atom is 0.432 e. The van der Waals surface area contributed by atoms with Crippen molar-refractivity contribution in [2.24, 2.45) is 34.5 Å². The third kappa shape index (κ3) is 6.53. The molecule has 1 aromatic carbocycles. The first-order chi connectivity index (χ1) is 22.5. The molecule has 0 aromatic heterocycles. The number of hydrogen-bond acceptors (Lipinski definition) is 6. The first kappa shape index (κ1) is 38.3. The normalized spacial score (nSPS) is 40.2. The standard InChI is InChI=1S/C40H59F3O6/c1-25-15-16-29-28(19-23-37(29,7)45)34(2,3)27(25)17-18-30-36(6)22-20-31(35(4,5)49-32(36)21-24-38(30,8)46)48-33(44)39(47-9,40(41,42)43)26-13-11-10-12-14-26/h10-15,27-32,45-46H,16-24H2,1-9H3/t27-,28+,29+,30+,31+,32+,36+,37+,38-,39-/m1/s1. The number of methoxy groups -OCH3 is 1. The Hall–Kier alpha value is -1.94. The molecule has 0 unspecified atom stereocenters. The summed E-state index contributed by atoms with van der Waals surface area (Å²) in [6.07, 6.45) is 2.17. The van der Waals surface area contributed by atoms with Crippen molar-refractivity contribution >= 4 is 5.97 Å². The van der Waals surface area contributed by atoms with Crippen molar-refractivity contribution in [2.45, 2.75) is 154 Å². The van der Waals surface area contributed by atoms with Crippen molar-refractivity contribution in [3.8, 4) is 0 Å². The number of alkyl halides is 3. The van der Waals surface area contributed by atoms with Crippen LogP contribution in [0.1, 0.15) is 119 Å². The molecule has 10 atom stereocenters.